The minimum Gasteiger partial charge on any atom is -0.336 e. The standard InChI is InChI=1S/C22H21N5O2/c1-14-7-8-15(13-24-14)20(28)27-11-9-22(18(27)19-23-10-12-26(19)2)16-5-3-4-6-17(16)25-21(22)29/h3-8,10,12-13,18H,9,11H2,1-2H3,(H,25,29)/t18-,22+/m0/s1. The molecule has 0 aliphatic carbocycles. The number of para-hydroxylation sites is 1. The molecule has 0 radical (unpaired) electrons. The van der Waals surface area contributed by atoms with E-state index < -0.39 is 11.5 Å². The number of aryl methyl sites for hydroxylation is 2. The summed E-state index contributed by atoms with van der Waals surface area (Å²) in [7, 11) is 1.89. The highest BCUT2D eigenvalue weighted by atomic mass is 16.2. The molecule has 0 unspecified atom stereocenters. The molecule has 1 fully saturated rings. The van der Waals surface area contributed by atoms with Crippen molar-refractivity contribution in [2.75, 3.05) is 11.9 Å². The van der Waals surface area contributed by atoms with Crippen molar-refractivity contribution in [1.82, 2.24) is 19.4 Å². The van der Waals surface area contributed by atoms with Gasteiger partial charge in [0.1, 0.15) is 17.3 Å². The molecule has 2 aliphatic heterocycles. The summed E-state index contributed by atoms with van der Waals surface area (Å²) >= 11 is 0. The van der Waals surface area contributed by atoms with Crippen molar-refractivity contribution in [3.63, 3.8) is 0 Å². The van der Waals surface area contributed by atoms with Gasteiger partial charge in [-0.1, -0.05) is 18.2 Å². The van der Waals surface area contributed by atoms with E-state index in [9.17, 15) is 9.59 Å². The fourth-order valence-electron chi connectivity index (χ4n) is 4.66. The number of imidazole rings is 1. The first-order chi connectivity index (χ1) is 14.0. The number of carbonyl (C=O) groups excluding carboxylic acids is 2. The summed E-state index contributed by atoms with van der Waals surface area (Å²) in [4.78, 5) is 37.4. The maximum Gasteiger partial charge on any atom is 0.256 e. The lowest BCUT2D eigenvalue weighted by molar-refractivity contribution is -0.121. The summed E-state index contributed by atoms with van der Waals surface area (Å²) in [6.07, 6.45) is 5.69. The Morgan fingerprint density at radius 2 is 2.03 bits per heavy atom. The van der Waals surface area contributed by atoms with Gasteiger partial charge < -0.3 is 14.8 Å². The molecule has 0 bridgehead atoms. The van der Waals surface area contributed by atoms with E-state index in [1.54, 1.807) is 23.4 Å². The predicted molar refractivity (Wildman–Crippen MR) is 107 cm³/mol. The Morgan fingerprint density at radius 3 is 2.76 bits per heavy atom. The Labute approximate surface area is 168 Å². The highest BCUT2D eigenvalue weighted by molar-refractivity contribution is 6.08. The van der Waals surface area contributed by atoms with E-state index in [1.807, 2.05) is 55.1 Å². The second-order valence-electron chi connectivity index (χ2n) is 7.71. The quantitative estimate of drug-likeness (QED) is 0.733. The summed E-state index contributed by atoms with van der Waals surface area (Å²) in [6.45, 7) is 2.35. The molecule has 0 saturated carbocycles. The Bertz CT molecular complexity index is 1120. The van der Waals surface area contributed by atoms with Gasteiger partial charge in [-0.25, -0.2) is 4.98 Å². The highest BCUT2D eigenvalue weighted by Crippen LogP contribution is 2.54. The van der Waals surface area contributed by atoms with E-state index in [4.69, 9.17) is 0 Å². The number of nitrogens with zero attached hydrogens (tertiary/aromatic N) is 4. The van der Waals surface area contributed by atoms with Crippen LogP contribution in [0.5, 0.6) is 0 Å². The van der Waals surface area contributed by atoms with E-state index in [2.05, 4.69) is 15.3 Å². The molecule has 4 heterocycles. The molecule has 2 aromatic heterocycles. The smallest absolute Gasteiger partial charge is 0.256 e. The maximum atomic E-state index is 13.5. The number of carbonyl (C=O) groups is 2. The van der Waals surface area contributed by atoms with Gasteiger partial charge in [0, 0.05) is 43.6 Å². The number of fused-ring (bicyclic) bond motifs is 2. The predicted octanol–water partition coefficient (Wildman–Crippen LogP) is 2.60. The van der Waals surface area contributed by atoms with Gasteiger partial charge in [0.05, 0.1) is 5.56 Å². The van der Waals surface area contributed by atoms with Crippen molar-refractivity contribution in [3.05, 3.63) is 77.6 Å². The number of pyridine rings is 1. The van der Waals surface area contributed by atoms with Crippen molar-refractivity contribution in [1.29, 1.82) is 0 Å². The van der Waals surface area contributed by atoms with Crippen molar-refractivity contribution in [3.8, 4) is 0 Å². The summed E-state index contributed by atoms with van der Waals surface area (Å²) < 4.78 is 1.89. The van der Waals surface area contributed by atoms with Crippen LogP contribution in [0.1, 0.15) is 39.9 Å². The zero-order valence-electron chi connectivity index (χ0n) is 16.3. The van der Waals surface area contributed by atoms with Gasteiger partial charge in [-0.05, 0) is 37.1 Å². The lowest BCUT2D eigenvalue weighted by atomic mass is 9.74. The van der Waals surface area contributed by atoms with Gasteiger partial charge in [-0.15, -0.1) is 0 Å². The van der Waals surface area contributed by atoms with Crippen LogP contribution in [-0.2, 0) is 17.3 Å². The zero-order chi connectivity index (χ0) is 20.2. The monoisotopic (exact) mass is 387 g/mol. The number of amides is 2. The molecule has 2 aliphatic rings. The number of anilines is 1. The molecular formula is C22H21N5O2. The molecule has 2 atom stereocenters. The average Bonchev–Trinajstić information content (AvgIpc) is 3.39. The van der Waals surface area contributed by atoms with Gasteiger partial charge in [0.2, 0.25) is 5.91 Å². The lowest BCUT2D eigenvalue weighted by Gasteiger charge is -2.33. The van der Waals surface area contributed by atoms with Crippen LogP contribution in [0.2, 0.25) is 0 Å². The van der Waals surface area contributed by atoms with E-state index in [0.717, 1.165) is 16.9 Å². The molecule has 1 aromatic carbocycles. The second kappa shape index (κ2) is 6.27. The van der Waals surface area contributed by atoms with E-state index in [-0.39, 0.29) is 11.8 Å². The second-order valence-corrected chi connectivity index (χ2v) is 7.71. The molecule has 1 spiro atoms. The number of rotatable bonds is 2. The Morgan fingerprint density at radius 1 is 1.21 bits per heavy atom. The van der Waals surface area contributed by atoms with Crippen molar-refractivity contribution < 1.29 is 9.59 Å². The molecule has 146 valence electrons. The third-order valence-electron chi connectivity index (χ3n) is 6.11. The third-order valence-corrected chi connectivity index (χ3v) is 6.11. The summed E-state index contributed by atoms with van der Waals surface area (Å²) in [5.74, 6) is 0.478. The topological polar surface area (TPSA) is 80.1 Å². The van der Waals surface area contributed by atoms with Crippen LogP contribution in [0.15, 0.2) is 55.0 Å². The van der Waals surface area contributed by atoms with Crippen LogP contribution >= 0.6 is 0 Å². The first-order valence-corrected chi connectivity index (χ1v) is 9.64. The largest absolute Gasteiger partial charge is 0.336 e. The summed E-state index contributed by atoms with van der Waals surface area (Å²) in [5, 5.41) is 3.02. The number of hydrogen-bond acceptors (Lipinski definition) is 4. The number of aromatic nitrogens is 3. The Balaban J connectivity index is 1.67. The summed E-state index contributed by atoms with van der Waals surface area (Å²) in [5.41, 5.74) is 2.24. The summed E-state index contributed by atoms with van der Waals surface area (Å²) in [6, 6.07) is 10.8. The molecule has 1 saturated heterocycles. The minimum atomic E-state index is -0.858. The van der Waals surface area contributed by atoms with E-state index in [0.29, 0.717) is 24.4 Å². The Hall–Kier alpha value is -3.48. The van der Waals surface area contributed by atoms with Crippen LogP contribution in [0.4, 0.5) is 5.69 Å². The normalized spacial score (nSPS) is 22.8. The number of hydrogen-bond donors (Lipinski definition) is 1. The molecule has 2 amide bonds. The number of benzene rings is 1. The molecule has 3 aromatic rings. The maximum absolute atomic E-state index is 13.5. The van der Waals surface area contributed by atoms with Crippen molar-refractivity contribution >= 4 is 17.5 Å². The third kappa shape index (κ3) is 2.43. The van der Waals surface area contributed by atoms with Crippen molar-refractivity contribution in [2.24, 2.45) is 7.05 Å². The van der Waals surface area contributed by atoms with Crippen LogP contribution in [0, 0.1) is 6.92 Å². The van der Waals surface area contributed by atoms with Gasteiger partial charge in [0.15, 0.2) is 0 Å². The highest BCUT2D eigenvalue weighted by Gasteiger charge is 2.60. The fourth-order valence-corrected chi connectivity index (χ4v) is 4.66. The zero-order valence-corrected chi connectivity index (χ0v) is 16.3. The van der Waals surface area contributed by atoms with Crippen LogP contribution < -0.4 is 5.32 Å². The first-order valence-electron chi connectivity index (χ1n) is 9.64. The molecule has 7 heteroatoms. The number of likely N-dealkylation sites (tertiary alicyclic amines) is 1. The molecule has 7 nitrogen and oxygen atoms in total. The molecular weight excluding hydrogens is 366 g/mol. The average molecular weight is 387 g/mol. The van der Waals surface area contributed by atoms with Gasteiger partial charge in [0.25, 0.3) is 5.91 Å². The van der Waals surface area contributed by atoms with Crippen LogP contribution in [0.25, 0.3) is 0 Å². The van der Waals surface area contributed by atoms with Gasteiger partial charge >= 0.3 is 0 Å². The first kappa shape index (κ1) is 17.6. The Kier molecular flexibility index (Phi) is 3.81. The minimum absolute atomic E-state index is 0.0796. The van der Waals surface area contributed by atoms with Crippen molar-refractivity contribution in [2.45, 2.75) is 24.8 Å². The van der Waals surface area contributed by atoms with Gasteiger partial charge in [-0.3, -0.25) is 14.6 Å². The van der Waals surface area contributed by atoms with Gasteiger partial charge in [-0.2, -0.15) is 0 Å². The van der Waals surface area contributed by atoms with Crippen LogP contribution in [0.3, 0.4) is 0 Å². The molecule has 29 heavy (non-hydrogen) atoms. The van der Waals surface area contributed by atoms with E-state index in [1.165, 1.54) is 0 Å². The number of nitrogens with one attached hydrogen (secondary N) is 1. The lowest BCUT2D eigenvalue weighted by Crippen LogP contribution is -2.43. The SMILES string of the molecule is Cc1ccc(C(=O)N2CC[C@]3(C(=O)Nc4ccccc43)[C@@H]2c2nccn2C)cn1. The molecule has 5 rings (SSSR count). The fraction of sp³-hybridized carbons (Fsp3) is 0.273. The van der Waals surface area contributed by atoms with E-state index >= 15 is 0 Å². The molecule has 1 N–H and O–H groups in total. The van der Waals surface area contributed by atoms with Crippen LogP contribution in [-0.4, -0.2) is 37.8 Å².